The summed E-state index contributed by atoms with van der Waals surface area (Å²) < 4.78 is 5.22. The summed E-state index contributed by atoms with van der Waals surface area (Å²) in [6.45, 7) is 3.77. The van der Waals surface area contributed by atoms with E-state index in [1.807, 2.05) is 6.07 Å². The van der Waals surface area contributed by atoms with Crippen LogP contribution in [0.25, 0.3) is 0 Å². The van der Waals surface area contributed by atoms with Crippen LogP contribution in [-0.4, -0.2) is 24.0 Å². The van der Waals surface area contributed by atoms with E-state index in [9.17, 15) is 9.59 Å². The summed E-state index contributed by atoms with van der Waals surface area (Å²) in [4.78, 5) is 24.0. The quantitative estimate of drug-likeness (QED) is 0.867. The zero-order valence-corrected chi connectivity index (χ0v) is 12.7. The summed E-state index contributed by atoms with van der Waals surface area (Å²) in [5, 5.41) is 3.01. The van der Waals surface area contributed by atoms with Crippen molar-refractivity contribution < 1.29 is 14.3 Å². The Morgan fingerprint density at radius 3 is 2.52 bits per heavy atom. The Morgan fingerprint density at radius 2 is 1.86 bits per heavy atom. The molecule has 1 fully saturated rings. The van der Waals surface area contributed by atoms with Gasteiger partial charge in [-0.3, -0.25) is 4.79 Å². The third-order valence-corrected chi connectivity index (χ3v) is 4.10. The lowest BCUT2D eigenvalue weighted by molar-refractivity contribution is -0.130. The van der Waals surface area contributed by atoms with Gasteiger partial charge in [0.25, 0.3) is 5.91 Å². The lowest BCUT2D eigenvalue weighted by Gasteiger charge is -2.30. The van der Waals surface area contributed by atoms with Gasteiger partial charge in [-0.25, -0.2) is 4.79 Å². The highest BCUT2D eigenvalue weighted by molar-refractivity contribution is 5.92. The van der Waals surface area contributed by atoms with E-state index in [1.165, 1.54) is 6.42 Å². The lowest BCUT2D eigenvalue weighted by atomic mass is 9.86. The van der Waals surface area contributed by atoms with Crippen molar-refractivity contribution in [3.63, 3.8) is 0 Å². The molecule has 0 unspecified atom stereocenters. The molecule has 4 nitrogen and oxygen atoms in total. The molecule has 0 radical (unpaired) electrons. The van der Waals surface area contributed by atoms with Crippen molar-refractivity contribution in [2.24, 2.45) is 5.92 Å². The molecule has 1 N–H and O–H groups in total. The van der Waals surface area contributed by atoms with Crippen molar-refractivity contribution in [2.75, 3.05) is 0 Å². The van der Waals surface area contributed by atoms with Gasteiger partial charge < -0.3 is 10.1 Å². The van der Waals surface area contributed by atoms with Gasteiger partial charge in [-0.05, 0) is 37.8 Å². The number of nitrogens with one attached hydrogen (secondary N) is 1. The van der Waals surface area contributed by atoms with Crippen LogP contribution < -0.4 is 5.32 Å². The predicted octanol–water partition coefficient (Wildman–Crippen LogP) is 2.93. The number of hydrogen-bond acceptors (Lipinski definition) is 3. The zero-order chi connectivity index (χ0) is 15.2. The number of ether oxygens (including phenoxy) is 1. The smallest absolute Gasteiger partial charge is 0.338 e. The molecule has 1 amide bonds. The summed E-state index contributed by atoms with van der Waals surface area (Å²) in [7, 11) is 0. The van der Waals surface area contributed by atoms with E-state index in [-0.39, 0.29) is 11.9 Å². The Bertz CT molecular complexity index is 486. The van der Waals surface area contributed by atoms with Gasteiger partial charge in [0.2, 0.25) is 0 Å². The Kier molecular flexibility index (Phi) is 5.37. The fourth-order valence-electron chi connectivity index (χ4n) is 2.69. The second-order valence-corrected chi connectivity index (χ2v) is 5.79. The third-order valence-electron chi connectivity index (χ3n) is 4.10. The fourth-order valence-corrected chi connectivity index (χ4v) is 2.69. The summed E-state index contributed by atoms with van der Waals surface area (Å²) in [5.74, 6) is -0.187. The van der Waals surface area contributed by atoms with Gasteiger partial charge >= 0.3 is 5.97 Å². The summed E-state index contributed by atoms with van der Waals surface area (Å²) in [5.41, 5.74) is 0.461. The number of carbonyl (C=O) groups is 2. The lowest BCUT2D eigenvalue weighted by Crippen LogP contribution is -2.45. The predicted molar refractivity (Wildman–Crippen MR) is 80.9 cm³/mol. The first kappa shape index (κ1) is 15.5. The van der Waals surface area contributed by atoms with Crippen molar-refractivity contribution in [3.05, 3.63) is 35.9 Å². The van der Waals surface area contributed by atoms with Crippen molar-refractivity contribution >= 4 is 11.9 Å². The molecular weight excluding hydrogens is 266 g/mol. The molecule has 0 aromatic heterocycles. The fraction of sp³-hybridized carbons (Fsp3) is 0.529. The van der Waals surface area contributed by atoms with Crippen LogP contribution in [0, 0.1) is 5.92 Å². The minimum absolute atomic E-state index is 0.198. The molecule has 0 spiro atoms. The van der Waals surface area contributed by atoms with Crippen LogP contribution in [0.1, 0.15) is 49.9 Å². The number of hydrogen-bond donors (Lipinski definition) is 1. The van der Waals surface area contributed by atoms with Crippen molar-refractivity contribution in [3.8, 4) is 0 Å². The second kappa shape index (κ2) is 7.25. The van der Waals surface area contributed by atoms with Crippen LogP contribution >= 0.6 is 0 Å². The van der Waals surface area contributed by atoms with Crippen LogP contribution in [0.2, 0.25) is 0 Å². The maximum atomic E-state index is 12.1. The molecule has 1 aliphatic rings. The molecule has 3 atom stereocenters. The monoisotopic (exact) mass is 289 g/mol. The maximum Gasteiger partial charge on any atom is 0.338 e. The van der Waals surface area contributed by atoms with Gasteiger partial charge in [0.1, 0.15) is 0 Å². The molecule has 21 heavy (non-hydrogen) atoms. The number of benzene rings is 1. The molecule has 0 bridgehead atoms. The van der Waals surface area contributed by atoms with E-state index >= 15 is 0 Å². The van der Waals surface area contributed by atoms with Crippen molar-refractivity contribution in [1.29, 1.82) is 0 Å². The molecule has 0 aliphatic heterocycles. The van der Waals surface area contributed by atoms with Crippen LogP contribution in [0.4, 0.5) is 0 Å². The molecule has 4 heteroatoms. The first-order valence-electron chi connectivity index (χ1n) is 7.64. The Labute approximate surface area is 125 Å². The largest absolute Gasteiger partial charge is 0.449 e. The maximum absolute atomic E-state index is 12.1. The van der Waals surface area contributed by atoms with Gasteiger partial charge in [0, 0.05) is 6.04 Å². The number of carbonyl (C=O) groups excluding carboxylic acids is 2. The standard InChI is InChI=1S/C17H23NO3/c1-12-8-6-7-11-15(12)18-16(19)13(2)21-17(20)14-9-4-3-5-10-14/h3-5,9-10,12-13,15H,6-8,11H2,1-2H3,(H,18,19)/t12-,13+,15-/m0/s1. The van der Waals surface area contributed by atoms with Gasteiger partial charge in [0.15, 0.2) is 6.10 Å². The van der Waals surface area contributed by atoms with Gasteiger partial charge in [-0.15, -0.1) is 0 Å². The van der Waals surface area contributed by atoms with E-state index in [4.69, 9.17) is 4.74 Å². The highest BCUT2D eigenvalue weighted by Crippen LogP contribution is 2.23. The van der Waals surface area contributed by atoms with Gasteiger partial charge in [0.05, 0.1) is 5.56 Å². The first-order valence-corrected chi connectivity index (χ1v) is 7.64. The van der Waals surface area contributed by atoms with E-state index in [0.29, 0.717) is 11.5 Å². The van der Waals surface area contributed by atoms with Crippen LogP contribution in [0.5, 0.6) is 0 Å². The van der Waals surface area contributed by atoms with Crippen LogP contribution in [0.3, 0.4) is 0 Å². The normalized spacial score (nSPS) is 23.1. The van der Waals surface area contributed by atoms with Gasteiger partial charge in [-0.1, -0.05) is 38.0 Å². The molecule has 1 aliphatic carbocycles. The average Bonchev–Trinajstić information content (AvgIpc) is 2.50. The van der Waals surface area contributed by atoms with Crippen molar-refractivity contribution in [1.82, 2.24) is 5.32 Å². The first-order chi connectivity index (χ1) is 10.1. The van der Waals surface area contributed by atoms with E-state index in [1.54, 1.807) is 31.2 Å². The van der Waals surface area contributed by atoms with Crippen LogP contribution in [0.15, 0.2) is 30.3 Å². The Morgan fingerprint density at radius 1 is 1.19 bits per heavy atom. The highest BCUT2D eigenvalue weighted by atomic mass is 16.5. The molecule has 1 aromatic carbocycles. The Balaban J connectivity index is 1.86. The second-order valence-electron chi connectivity index (χ2n) is 5.79. The van der Waals surface area contributed by atoms with E-state index in [0.717, 1.165) is 19.3 Å². The summed E-state index contributed by atoms with van der Waals surface area (Å²) in [6, 6.07) is 8.92. The number of amides is 1. The number of esters is 1. The van der Waals surface area contributed by atoms with E-state index in [2.05, 4.69) is 12.2 Å². The summed E-state index contributed by atoms with van der Waals surface area (Å²) >= 11 is 0. The molecule has 1 saturated carbocycles. The minimum Gasteiger partial charge on any atom is -0.449 e. The molecule has 0 saturated heterocycles. The zero-order valence-electron chi connectivity index (χ0n) is 12.7. The average molecular weight is 289 g/mol. The van der Waals surface area contributed by atoms with E-state index < -0.39 is 12.1 Å². The minimum atomic E-state index is -0.771. The SMILES string of the molecule is C[C@@H](OC(=O)c1ccccc1)C(=O)N[C@H]1CCCC[C@@H]1C. The molecular formula is C17H23NO3. The summed E-state index contributed by atoms with van der Waals surface area (Å²) in [6.07, 6.45) is 3.75. The molecule has 114 valence electrons. The topological polar surface area (TPSA) is 55.4 Å². The molecule has 1 aromatic rings. The molecule has 0 heterocycles. The van der Waals surface area contributed by atoms with Crippen molar-refractivity contribution in [2.45, 2.75) is 51.7 Å². The number of rotatable bonds is 4. The Hall–Kier alpha value is -1.84. The highest BCUT2D eigenvalue weighted by Gasteiger charge is 2.26. The van der Waals surface area contributed by atoms with Gasteiger partial charge in [-0.2, -0.15) is 0 Å². The molecule has 2 rings (SSSR count). The third kappa shape index (κ3) is 4.31. The van der Waals surface area contributed by atoms with Crippen LogP contribution in [-0.2, 0) is 9.53 Å².